The van der Waals surface area contributed by atoms with Crippen molar-refractivity contribution in [2.24, 2.45) is 0 Å². The molecule has 0 atom stereocenters. The maximum Gasteiger partial charge on any atom is 0.195 e. The minimum absolute atomic E-state index is 0.575. The van der Waals surface area contributed by atoms with Gasteiger partial charge in [-0.2, -0.15) is 0 Å². The van der Waals surface area contributed by atoms with Crippen molar-refractivity contribution >= 4 is 23.4 Å². The quantitative estimate of drug-likeness (QED) is 0.490. The van der Waals surface area contributed by atoms with Crippen molar-refractivity contribution in [3.05, 3.63) is 65.4 Å². The Bertz CT molecular complexity index is 791. The van der Waals surface area contributed by atoms with E-state index >= 15 is 0 Å². The molecule has 1 heterocycles. The summed E-state index contributed by atoms with van der Waals surface area (Å²) in [6.07, 6.45) is 1.74. The van der Waals surface area contributed by atoms with Crippen LogP contribution in [-0.2, 0) is 0 Å². The molecule has 118 valence electrons. The van der Waals surface area contributed by atoms with Gasteiger partial charge in [0.2, 0.25) is 0 Å². The molecule has 4 nitrogen and oxygen atoms in total. The molecule has 2 aromatic carbocycles. The zero-order valence-electron chi connectivity index (χ0n) is 12.6. The van der Waals surface area contributed by atoms with E-state index in [-0.39, 0.29) is 0 Å². The van der Waals surface area contributed by atoms with Crippen LogP contribution >= 0.6 is 23.4 Å². The van der Waals surface area contributed by atoms with Gasteiger partial charge in [-0.3, -0.25) is 4.57 Å². The fraction of sp³-hybridized carbons (Fsp3) is 0.176. The van der Waals surface area contributed by atoms with Crippen LogP contribution < -0.4 is 4.74 Å². The first-order valence-electron chi connectivity index (χ1n) is 7.21. The molecule has 0 aliphatic carbocycles. The van der Waals surface area contributed by atoms with Crippen LogP contribution in [0.2, 0.25) is 5.02 Å². The Morgan fingerprint density at radius 3 is 2.87 bits per heavy atom. The lowest BCUT2D eigenvalue weighted by Crippen LogP contribution is -2.03. The van der Waals surface area contributed by atoms with Crippen LogP contribution in [0.3, 0.4) is 0 Å². The summed E-state index contributed by atoms with van der Waals surface area (Å²) in [4.78, 5) is 0. The van der Waals surface area contributed by atoms with Crippen molar-refractivity contribution in [3.63, 3.8) is 0 Å². The Morgan fingerprint density at radius 1 is 1.17 bits per heavy atom. The van der Waals surface area contributed by atoms with Crippen molar-refractivity contribution in [1.29, 1.82) is 0 Å². The standard InChI is InChI=1S/C17H16ClN3OS/c1-13-5-2-3-8-16(13)21-12-19-20-17(21)23-10-9-22-15-7-4-6-14(18)11-15/h2-8,11-12H,9-10H2,1H3. The third-order valence-corrected chi connectivity index (χ3v) is 4.41. The summed E-state index contributed by atoms with van der Waals surface area (Å²) >= 11 is 7.55. The van der Waals surface area contributed by atoms with E-state index in [2.05, 4.69) is 29.3 Å². The first-order valence-corrected chi connectivity index (χ1v) is 8.57. The molecule has 0 unspecified atom stereocenters. The normalized spacial score (nSPS) is 10.7. The van der Waals surface area contributed by atoms with Crippen LogP contribution in [0, 0.1) is 6.92 Å². The van der Waals surface area contributed by atoms with Gasteiger partial charge in [0.25, 0.3) is 0 Å². The van der Waals surface area contributed by atoms with Gasteiger partial charge in [0.15, 0.2) is 5.16 Å². The lowest BCUT2D eigenvalue weighted by atomic mass is 10.2. The lowest BCUT2D eigenvalue weighted by Gasteiger charge is -2.09. The molecule has 0 radical (unpaired) electrons. The number of thioether (sulfide) groups is 1. The van der Waals surface area contributed by atoms with Crippen molar-refractivity contribution in [3.8, 4) is 11.4 Å². The molecule has 0 aliphatic heterocycles. The summed E-state index contributed by atoms with van der Waals surface area (Å²) in [6, 6.07) is 15.6. The van der Waals surface area contributed by atoms with Crippen molar-refractivity contribution in [1.82, 2.24) is 14.8 Å². The lowest BCUT2D eigenvalue weighted by molar-refractivity contribution is 0.344. The summed E-state index contributed by atoms with van der Waals surface area (Å²) in [5.74, 6) is 1.55. The Morgan fingerprint density at radius 2 is 2.04 bits per heavy atom. The van der Waals surface area contributed by atoms with Gasteiger partial charge in [-0.15, -0.1) is 10.2 Å². The zero-order chi connectivity index (χ0) is 16.1. The van der Waals surface area contributed by atoms with Gasteiger partial charge < -0.3 is 4.74 Å². The largest absolute Gasteiger partial charge is 0.493 e. The number of aryl methyl sites for hydroxylation is 1. The Balaban J connectivity index is 1.60. The summed E-state index contributed by atoms with van der Waals surface area (Å²) in [5, 5.41) is 9.74. The van der Waals surface area contributed by atoms with E-state index in [4.69, 9.17) is 16.3 Å². The van der Waals surface area contributed by atoms with Crippen molar-refractivity contribution < 1.29 is 4.74 Å². The SMILES string of the molecule is Cc1ccccc1-n1cnnc1SCCOc1cccc(Cl)c1. The molecular formula is C17H16ClN3OS. The summed E-state index contributed by atoms with van der Waals surface area (Å²) in [5.41, 5.74) is 2.28. The van der Waals surface area contributed by atoms with Crippen LogP contribution in [0.5, 0.6) is 5.75 Å². The molecule has 0 aliphatic rings. The highest BCUT2D eigenvalue weighted by molar-refractivity contribution is 7.99. The van der Waals surface area contributed by atoms with Crippen LogP contribution in [0.25, 0.3) is 5.69 Å². The number of halogens is 1. The molecule has 0 saturated heterocycles. The average Bonchev–Trinajstić information content (AvgIpc) is 3.00. The Labute approximate surface area is 144 Å². The molecular weight excluding hydrogens is 330 g/mol. The molecule has 0 saturated carbocycles. The predicted molar refractivity (Wildman–Crippen MR) is 93.8 cm³/mol. The number of benzene rings is 2. The molecule has 0 spiro atoms. The topological polar surface area (TPSA) is 39.9 Å². The van der Waals surface area contributed by atoms with Gasteiger partial charge >= 0.3 is 0 Å². The number of aromatic nitrogens is 3. The fourth-order valence-corrected chi connectivity index (χ4v) is 3.09. The second-order valence-corrected chi connectivity index (χ2v) is 6.42. The second-order valence-electron chi connectivity index (χ2n) is 4.92. The third-order valence-electron chi connectivity index (χ3n) is 3.27. The number of para-hydroxylation sites is 1. The van der Waals surface area contributed by atoms with Crippen molar-refractivity contribution in [2.45, 2.75) is 12.1 Å². The molecule has 3 rings (SSSR count). The van der Waals surface area contributed by atoms with Gasteiger partial charge in [-0.1, -0.05) is 47.6 Å². The van der Waals surface area contributed by atoms with Crippen LogP contribution in [0.4, 0.5) is 0 Å². The van der Waals surface area contributed by atoms with E-state index in [1.54, 1.807) is 18.1 Å². The van der Waals surface area contributed by atoms with Crippen LogP contribution in [0.1, 0.15) is 5.56 Å². The molecule has 6 heteroatoms. The second kappa shape index (κ2) is 7.53. The van der Waals surface area contributed by atoms with Gasteiger partial charge in [0.1, 0.15) is 12.1 Å². The highest BCUT2D eigenvalue weighted by Crippen LogP contribution is 2.22. The maximum atomic E-state index is 5.94. The minimum Gasteiger partial charge on any atom is -0.493 e. The Hall–Kier alpha value is -1.98. The first kappa shape index (κ1) is 15.9. The summed E-state index contributed by atoms with van der Waals surface area (Å²) < 4.78 is 7.69. The van der Waals surface area contributed by atoms with Gasteiger partial charge in [0.05, 0.1) is 12.3 Å². The van der Waals surface area contributed by atoms with E-state index < -0.39 is 0 Å². The number of hydrogen-bond donors (Lipinski definition) is 0. The molecule has 0 N–H and O–H groups in total. The van der Waals surface area contributed by atoms with Crippen molar-refractivity contribution in [2.75, 3.05) is 12.4 Å². The molecule has 23 heavy (non-hydrogen) atoms. The highest BCUT2D eigenvalue weighted by Gasteiger charge is 2.08. The first-order chi connectivity index (χ1) is 11.2. The van der Waals surface area contributed by atoms with E-state index in [1.807, 2.05) is 41.0 Å². The van der Waals surface area contributed by atoms with E-state index in [0.29, 0.717) is 11.6 Å². The Kier molecular flexibility index (Phi) is 5.20. The fourth-order valence-electron chi connectivity index (χ4n) is 2.17. The maximum absolute atomic E-state index is 5.94. The molecule has 0 fully saturated rings. The third kappa shape index (κ3) is 4.06. The van der Waals surface area contributed by atoms with Gasteiger partial charge in [-0.05, 0) is 36.8 Å². The molecule has 3 aromatic rings. The monoisotopic (exact) mass is 345 g/mol. The zero-order valence-corrected chi connectivity index (χ0v) is 14.2. The molecule has 1 aromatic heterocycles. The van der Waals surface area contributed by atoms with E-state index in [0.717, 1.165) is 22.3 Å². The number of hydrogen-bond acceptors (Lipinski definition) is 4. The predicted octanol–water partition coefficient (Wildman–Crippen LogP) is 4.40. The highest BCUT2D eigenvalue weighted by atomic mass is 35.5. The number of rotatable bonds is 6. The molecule has 0 amide bonds. The van der Waals surface area contributed by atoms with E-state index in [1.165, 1.54) is 5.56 Å². The van der Waals surface area contributed by atoms with Gasteiger partial charge in [-0.25, -0.2) is 0 Å². The summed E-state index contributed by atoms with van der Waals surface area (Å²) in [6.45, 7) is 2.65. The van der Waals surface area contributed by atoms with E-state index in [9.17, 15) is 0 Å². The van der Waals surface area contributed by atoms with Crippen LogP contribution in [0.15, 0.2) is 60.0 Å². The number of nitrogens with zero attached hydrogens (tertiary/aromatic N) is 3. The average molecular weight is 346 g/mol. The smallest absolute Gasteiger partial charge is 0.195 e. The van der Waals surface area contributed by atoms with Crippen LogP contribution in [-0.4, -0.2) is 27.1 Å². The summed E-state index contributed by atoms with van der Waals surface area (Å²) in [7, 11) is 0. The number of ether oxygens (including phenoxy) is 1. The molecule has 0 bridgehead atoms. The minimum atomic E-state index is 0.575. The van der Waals surface area contributed by atoms with Gasteiger partial charge in [0, 0.05) is 10.8 Å².